The van der Waals surface area contributed by atoms with Gasteiger partial charge in [0.1, 0.15) is 0 Å². The van der Waals surface area contributed by atoms with Gasteiger partial charge in [-0.05, 0) is 20.3 Å². The van der Waals surface area contributed by atoms with Gasteiger partial charge >= 0.3 is 5.97 Å². The maximum absolute atomic E-state index is 11.3. The Bertz CT molecular complexity index is 229. The number of ketones is 1. The lowest BCUT2D eigenvalue weighted by Gasteiger charge is -2.02. The molecule has 0 atom stereocenters. The van der Waals surface area contributed by atoms with E-state index in [1.165, 1.54) is 6.92 Å². The summed E-state index contributed by atoms with van der Waals surface area (Å²) in [6, 6.07) is 0. The van der Waals surface area contributed by atoms with Gasteiger partial charge in [0.05, 0.1) is 12.2 Å². The molecule has 0 heterocycles. The third kappa shape index (κ3) is 4.80. The second-order valence-electron chi connectivity index (χ2n) is 3.04. The van der Waals surface area contributed by atoms with Crippen molar-refractivity contribution < 1.29 is 14.3 Å². The van der Waals surface area contributed by atoms with Gasteiger partial charge < -0.3 is 4.74 Å². The van der Waals surface area contributed by atoms with E-state index in [2.05, 4.69) is 6.92 Å². The first-order valence-electron chi connectivity index (χ1n) is 5.01. The Hall–Kier alpha value is -1.12. The van der Waals surface area contributed by atoms with Crippen LogP contribution in [0.15, 0.2) is 11.6 Å². The molecule has 3 nitrogen and oxygen atoms in total. The van der Waals surface area contributed by atoms with E-state index in [9.17, 15) is 9.59 Å². The minimum atomic E-state index is -0.504. The van der Waals surface area contributed by atoms with Crippen LogP contribution >= 0.6 is 0 Å². The standard InChI is InChI=1S/C11H18O3/c1-4-6-7-8-10(9(3)12)11(13)14-5-2/h8H,4-7H2,1-3H3/b10-8-. The molecule has 0 aliphatic heterocycles. The Morgan fingerprint density at radius 2 is 1.93 bits per heavy atom. The zero-order valence-corrected chi connectivity index (χ0v) is 9.13. The summed E-state index contributed by atoms with van der Waals surface area (Å²) >= 11 is 0. The molecule has 0 fully saturated rings. The molecule has 0 aromatic rings. The fourth-order valence-corrected chi connectivity index (χ4v) is 1.03. The number of carbonyl (C=O) groups excluding carboxylic acids is 2. The smallest absolute Gasteiger partial charge is 0.341 e. The summed E-state index contributed by atoms with van der Waals surface area (Å²) in [6.45, 7) is 5.47. The van der Waals surface area contributed by atoms with Gasteiger partial charge in [-0.1, -0.05) is 25.8 Å². The first kappa shape index (κ1) is 12.9. The Morgan fingerprint density at radius 1 is 1.29 bits per heavy atom. The summed E-state index contributed by atoms with van der Waals surface area (Å²) < 4.78 is 4.77. The van der Waals surface area contributed by atoms with Crippen molar-refractivity contribution >= 4 is 11.8 Å². The fraction of sp³-hybridized carbons (Fsp3) is 0.636. The molecule has 0 spiro atoms. The highest BCUT2D eigenvalue weighted by Crippen LogP contribution is 2.05. The lowest BCUT2D eigenvalue weighted by atomic mass is 10.1. The molecule has 80 valence electrons. The van der Waals surface area contributed by atoms with E-state index in [0.717, 1.165) is 19.3 Å². The summed E-state index contributed by atoms with van der Waals surface area (Å²) in [6.07, 6.45) is 4.45. The van der Waals surface area contributed by atoms with Gasteiger partial charge in [0.15, 0.2) is 5.78 Å². The van der Waals surface area contributed by atoms with Gasteiger partial charge in [-0.3, -0.25) is 4.79 Å². The third-order valence-corrected chi connectivity index (χ3v) is 1.78. The molecule has 3 heteroatoms. The SMILES string of the molecule is CCCC/C=C(/C(C)=O)C(=O)OCC. The molecule has 0 amide bonds. The Kier molecular flexibility index (Phi) is 6.72. The van der Waals surface area contributed by atoms with Crippen LogP contribution in [0.25, 0.3) is 0 Å². The Balaban J connectivity index is 4.35. The molecule has 0 radical (unpaired) electrons. The van der Waals surface area contributed by atoms with Crippen molar-refractivity contribution in [3.05, 3.63) is 11.6 Å². The van der Waals surface area contributed by atoms with Gasteiger partial charge in [0.2, 0.25) is 0 Å². The molecule has 0 N–H and O–H groups in total. The lowest BCUT2D eigenvalue weighted by Crippen LogP contribution is -2.13. The van der Waals surface area contributed by atoms with Crippen LogP contribution in [-0.4, -0.2) is 18.4 Å². The fourth-order valence-electron chi connectivity index (χ4n) is 1.03. The molecule has 0 saturated carbocycles. The second-order valence-corrected chi connectivity index (χ2v) is 3.04. The minimum absolute atomic E-state index is 0.181. The van der Waals surface area contributed by atoms with Crippen LogP contribution in [0.3, 0.4) is 0 Å². The van der Waals surface area contributed by atoms with Gasteiger partial charge in [0.25, 0.3) is 0 Å². The Morgan fingerprint density at radius 3 is 2.36 bits per heavy atom. The van der Waals surface area contributed by atoms with Crippen LogP contribution < -0.4 is 0 Å². The van der Waals surface area contributed by atoms with Gasteiger partial charge in [-0.15, -0.1) is 0 Å². The largest absolute Gasteiger partial charge is 0.462 e. The highest BCUT2D eigenvalue weighted by molar-refractivity contribution is 6.16. The highest BCUT2D eigenvalue weighted by Gasteiger charge is 2.14. The zero-order chi connectivity index (χ0) is 11.0. The van der Waals surface area contributed by atoms with Crippen molar-refractivity contribution in [2.75, 3.05) is 6.61 Å². The van der Waals surface area contributed by atoms with E-state index in [0.29, 0.717) is 6.61 Å². The monoisotopic (exact) mass is 198 g/mol. The summed E-state index contributed by atoms with van der Waals surface area (Å²) in [5.41, 5.74) is 0.181. The third-order valence-electron chi connectivity index (χ3n) is 1.78. The molecular formula is C11H18O3. The number of ether oxygens (including phenoxy) is 1. The van der Waals surface area contributed by atoms with E-state index in [1.54, 1.807) is 13.0 Å². The predicted octanol–water partition coefficient (Wildman–Crippen LogP) is 2.26. The van der Waals surface area contributed by atoms with Crippen molar-refractivity contribution in [3.63, 3.8) is 0 Å². The summed E-state index contributed by atoms with van der Waals surface area (Å²) in [5.74, 6) is -0.726. The summed E-state index contributed by atoms with van der Waals surface area (Å²) in [4.78, 5) is 22.4. The maximum Gasteiger partial charge on any atom is 0.341 e. The van der Waals surface area contributed by atoms with Crippen LogP contribution in [-0.2, 0) is 14.3 Å². The molecule has 0 rings (SSSR count). The normalized spacial score (nSPS) is 11.2. The number of hydrogen-bond acceptors (Lipinski definition) is 3. The van der Waals surface area contributed by atoms with E-state index in [-0.39, 0.29) is 11.4 Å². The summed E-state index contributed by atoms with van der Waals surface area (Å²) in [7, 11) is 0. The number of Topliss-reactive ketones (excluding diaryl/α,β-unsaturated/α-hetero) is 1. The molecule has 0 bridgehead atoms. The molecule has 0 aliphatic carbocycles. The van der Waals surface area contributed by atoms with Crippen molar-refractivity contribution in [2.24, 2.45) is 0 Å². The molecule has 0 unspecified atom stereocenters. The molecule has 0 aromatic carbocycles. The van der Waals surface area contributed by atoms with E-state index < -0.39 is 5.97 Å². The number of hydrogen-bond donors (Lipinski definition) is 0. The number of carbonyl (C=O) groups is 2. The van der Waals surface area contributed by atoms with Crippen LogP contribution in [0, 0.1) is 0 Å². The van der Waals surface area contributed by atoms with Crippen molar-refractivity contribution in [3.8, 4) is 0 Å². The quantitative estimate of drug-likeness (QED) is 0.216. The number of rotatable bonds is 6. The van der Waals surface area contributed by atoms with Crippen LogP contribution in [0.2, 0.25) is 0 Å². The second kappa shape index (κ2) is 7.30. The van der Waals surface area contributed by atoms with Gasteiger partial charge in [-0.25, -0.2) is 4.79 Å². The predicted molar refractivity (Wildman–Crippen MR) is 54.9 cm³/mol. The first-order chi connectivity index (χ1) is 6.63. The molecule has 0 aromatic heterocycles. The van der Waals surface area contributed by atoms with E-state index in [4.69, 9.17) is 4.74 Å². The average Bonchev–Trinajstić information content (AvgIpc) is 2.12. The van der Waals surface area contributed by atoms with Crippen LogP contribution in [0.1, 0.15) is 40.0 Å². The number of esters is 1. The molecule has 0 saturated heterocycles. The highest BCUT2D eigenvalue weighted by atomic mass is 16.5. The zero-order valence-electron chi connectivity index (χ0n) is 9.13. The number of unbranched alkanes of at least 4 members (excludes halogenated alkanes) is 2. The Labute approximate surface area is 85.1 Å². The van der Waals surface area contributed by atoms with Gasteiger partial charge in [0, 0.05) is 0 Å². The number of allylic oxidation sites excluding steroid dienone is 1. The van der Waals surface area contributed by atoms with Crippen LogP contribution in [0.4, 0.5) is 0 Å². The maximum atomic E-state index is 11.3. The van der Waals surface area contributed by atoms with Crippen molar-refractivity contribution in [1.29, 1.82) is 0 Å². The molecule has 14 heavy (non-hydrogen) atoms. The topological polar surface area (TPSA) is 43.4 Å². The van der Waals surface area contributed by atoms with Crippen molar-refractivity contribution in [1.82, 2.24) is 0 Å². The van der Waals surface area contributed by atoms with E-state index in [1.807, 2.05) is 0 Å². The van der Waals surface area contributed by atoms with Crippen molar-refractivity contribution in [2.45, 2.75) is 40.0 Å². The minimum Gasteiger partial charge on any atom is -0.462 e. The van der Waals surface area contributed by atoms with Crippen LogP contribution in [0.5, 0.6) is 0 Å². The molecular weight excluding hydrogens is 180 g/mol. The first-order valence-corrected chi connectivity index (χ1v) is 5.01. The molecule has 0 aliphatic rings. The van der Waals surface area contributed by atoms with Gasteiger partial charge in [-0.2, -0.15) is 0 Å². The lowest BCUT2D eigenvalue weighted by molar-refractivity contribution is -0.139. The summed E-state index contributed by atoms with van der Waals surface area (Å²) in [5, 5.41) is 0. The van der Waals surface area contributed by atoms with E-state index >= 15 is 0 Å². The average molecular weight is 198 g/mol.